The van der Waals surface area contributed by atoms with E-state index in [4.69, 9.17) is 9.05 Å². The van der Waals surface area contributed by atoms with E-state index in [9.17, 15) is 4.79 Å². The molecule has 0 saturated heterocycles. The van der Waals surface area contributed by atoms with Crippen LogP contribution in [-0.4, -0.2) is 5.97 Å². The van der Waals surface area contributed by atoms with E-state index in [1.807, 2.05) is 51.1 Å². The summed E-state index contributed by atoms with van der Waals surface area (Å²) in [5.41, 5.74) is -0.542. The Hall–Kier alpha value is -1.34. The molecule has 0 aliphatic heterocycles. The second-order valence-corrected chi connectivity index (χ2v) is 5.92. The molecule has 0 spiro atoms. The van der Waals surface area contributed by atoms with Crippen LogP contribution in [0.15, 0.2) is 43.2 Å². The van der Waals surface area contributed by atoms with Crippen LogP contribution in [0.2, 0.25) is 0 Å². The maximum Gasteiger partial charge on any atom is 0.327 e. The van der Waals surface area contributed by atoms with E-state index in [1.165, 1.54) is 6.26 Å². The first-order valence-electron chi connectivity index (χ1n) is 5.30. The minimum Gasteiger partial charge on any atom is -0.444 e. The summed E-state index contributed by atoms with van der Waals surface area (Å²) in [6, 6.07) is 9.39. The maximum absolute atomic E-state index is 11.8. The average molecular weight is 252 g/mol. The molecule has 0 fully saturated rings. The molecule has 1 aromatic carbocycles. The highest BCUT2D eigenvalue weighted by atomic mass is 31.2. The zero-order chi connectivity index (χ0) is 12.9. The first-order chi connectivity index (χ1) is 7.95. The van der Waals surface area contributed by atoms with Gasteiger partial charge in [-0.3, -0.25) is 4.79 Å². The molecular weight excluding hydrogens is 235 g/mol. The summed E-state index contributed by atoms with van der Waals surface area (Å²) in [5.74, 6) is -0.283. The molecule has 0 aliphatic rings. The summed E-state index contributed by atoms with van der Waals surface area (Å²) in [6.07, 6.45) is 1.30. The van der Waals surface area contributed by atoms with Gasteiger partial charge in [-0.2, -0.15) is 0 Å². The molecule has 0 bridgehead atoms. The average Bonchev–Trinajstić information content (AvgIpc) is 2.28. The van der Waals surface area contributed by atoms with Crippen LogP contribution in [0.3, 0.4) is 0 Å². The van der Waals surface area contributed by atoms with Crippen molar-refractivity contribution in [1.29, 1.82) is 0 Å². The first-order valence-corrected chi connectivity index (χ1v) is 6.48. The van der Waals surface area contributed by atoms with Crippen LogP contribution in [0.5, 0.6) is 0 Å². The number of rotatable bonds is 4. The Bertz CT molecular complexity index is 381. The lowest BCUT2D eigenvalue weighted by molar-refractivity contribution is -0.142. The quantitative estimate of drug-likeness (QED) is 0.608. The Morgan fingerprint density at radius 2 is 1.88 bits per heavy atom. The number of hydrogen-bond acceptors (Lipinski definition) is 3. The van der Waals surface area contributed by atoms with Gasteiger partial charge in [0, 0.05) is 0 Å². The highest BCUT2D eigenvalue weighted by Gasteiger charge is 2.28. The smallest absolute Gasteiger partial charge is 0.327 e. The van der Waals surface area contributed by atoms with Gasteiger partial charge >= 0.3 is 14.3 Å². The van der Waals surface area contributed by atoms with Crippen LogP contribution < -0.4 is 5.30 Å². The van der Waals surface area contributed by atoms with E-state index in [-0.39, 0.29) is 5.97 Å². The van der Waals surface area contributed by atoms with Crippen molar-refractivity contribution < 1.29 is 13.8 Å². The van der Waals surface area contributed by atoms with E-state index < -0.39 is 13.8 Å². The van der Waals surface area contributed by atoms with Crippen molar-refractivity contribution in [2.45, 2.75) is 20.8 Å². The van der Waals surface area contributed by atoms with E-state index in [2.05, 4.69) is 6.58 Å². The van der Waals surface area contributed by atoms with Gasteiger partial charge in [-0.25, -0.2) is 0 Å². The topological polar surface area (TPSA) is 35.5 Å². The van der Waals surface area contributed by atoms with Gasteiger partial charge in [-0.15, -0.1) is 0 Å². The minimum atomic E-state index is -1.43. The van der Waals surface area contributed by atoms with Gasteiger partial charge in [0.1, 0.15) is 0 Å². The van der Waals surface area contributed by atoms with Crippen molar-refractivity contribution in [1.82, 2.24) is 0 Å². The molecule has 0 saturated carbocycles. The van der Waals surface area contributed by atoms with Crippen molar-refractivity contribution in [3.63, 3.8) is 0 Å². The standard InChI is InChI=1S/C13H17O3P/c1-5-15-17(11-9-7-6-8-10-11)16-12(14)13(2,3)4/h5-10H,1H2,2-4H3. The minimum absolute atomic E-state index is 0.283. The summed E-state index contributed by atoms with van der Waals surface area (Å²) in [6.45, 7) is 8.92. The zero-order valence-corrected chi connectivity index (χ0v) is 11.2. The van der Waals surface area contributed by atoms with Crippen molar-refractivity contribution in [3.8, 4) is 0 Å². The van der Waals surface area contributed by atoms with Gasteiger partial charge in [0.2, 0.25) is 0 Å². The molecule has 0 radical (unpaired) electrons. The van der Waals surface area contributed by atoms with Gasteiger partial charge < -0.3 is 9.05 Å². The molecule has 0 aliphatic carbocycles. The molecule has 0 amide bonds. The molecule has 3 nitrogen and oxygen atoms in total. The second-order valence-electron chi connectivity index (χ2n) is 4.49. The molecule has 4 heteroatoms. The van der Waals surface area contributed by atoms with Crippen molar-refractivity contribution in [3.05, 3.63) is 43.2 Å². The fourth-order valence-electron chi connectivity index (χ4n) is 0.965. The van der Waals surface area contributed by atoms with Crippen LogP contribution in [0.4, 0.5) is 0 Å². The fourth-order valence-corrected chi connectivity index (χ4v) is 2.21. The lowest BCUT2D eigenvalue weighted by Gasteiger charge is -2.21. The summed E-state index contributed by atoms with van der Waals surface area (Å²) in [5, 5.41) is 0.847. The van der Waals surface area contributed by atoms with E-state index in [0.717, 1.165) is 5.30 Å². The predicted molar refractivity (Wildman–Crippen MR) is 69.8 cm³/mol. The molecule has 1 rings (SSSR count). The first kappa shape index (κ1) is 13.7. The van der Waals surface area contributed by atoms with E-state index >= 15 is 0 Å². The lowest BCUT2D eigenvalue weighted by atomic mass is 9.98. The molecule has 92 valence electrons. The summed E-state index contributed by atoms with van der Waals surface area (Å²) < 4.78 is 10.7. The molecule has 0 aromatic heterocycles. The summed E-state index contributed by atoms with van der Waals surface area (Å²) in [4.78, 5) is 11.8. The lowest BCUT2D eigenvalue weighted by Crippen LogP contribution is -2.23. The highest BCUT2D eigenvalue weighted by Crippen LogP contribution is 2.39. The number of benzene rings is 1. The van der Waals surface area contributed by atoms with E-state index in [1.54, 1.807) is 0 Å². The van der Waals surface area contributed by atoms with Crippen LogP contribution in [0.1, 0.15) is 20.8 Å². The number of hydrogen-bond donors (Lipinski definition) is 0. The van der Waals surface area contributed by atoms with Gasteiger partial charge in [-0.1, -0.05) is 24.8 Å². The molecule has 1 atom stereocenters. The monoisotopic (exact) mass is 252 g/mol. The van der Waals surface area contributed by atoms with Crippen molar-refractivity contribution in [2.24, 2.45) is 5.41 Å². The van der Waals surface area contributed by atoms with Crippen LogP contribution >= 0.6 is 8.38 Å². The van der Waals surface area contributed by atoms with Gasteiger partial charge in [0.05, 0.1) is 17.0 Å². The van der Waals surface area contributed by atoms with Gasteiger partial charge in [0.15, 0.2) is 0 Å². The number of carbonyl (C=O) groups excluding carboxylic acids is 1. The third-order valence-electron chi connectivity index (χ3n) is 1.92. The molecule has 17 heavy (non-hydrogen) atoms. The maximum atomic E-state index is 11.8. The van der Waals surface area contributed by atoms with Gasteiger partial charge in [-0.05, 0) is 32.9 Å². The second kappa shape index (κ2) is 5.83. The largest absolute Gasteiger partial charge is 0.444 e. The van der Waals surface area contributed by atoms with Crippen molar-refractivity contribution in [2.75, 3.05) is 0 Å². The fraction of sp³-hybridized carbons (Fsp3) is 0.308. The third kappa shape index (κ3) is 4.20. The van der Waals surface area contributed by atoms with Crippen LogP contribution in [-0.2, 0) is 13.8 Å². The molecule has 0 N–H and O–H groups in total. The van der Waals surface area contributed by atoms with Crippen LogP contribution in [0, 0.1) is 5.41 Å². The molecule has 1 unspecified atom stereocenters. The Labute approximate surface area is 103 Å². The number of carbonyl (C=O) groups is 1. The molecule has 1 aromatic rings. The van der Waals surface area contributed by atoms with E-state index in [0.29, 0.717) is 0 Å². The van der Waals surface area contributed by atoms with Gasteiger partial charge in [0.25, 0.3) is 0 Å². The predicted octanol–water partition coefficient (Wildman–Crippen LogP) is 3.37. The molecule has 0 heterocycles. The summed E-state index contributed by atoms with van der Waals surface area (Å²) in [7, 11) is -1.43. The zero-order valence-electron chi connectivity index (χ0n) is 10.3. The SMILES string of the molecule is C=COP(OC(=O)C(C)(C)C)c1ccccc1. The Morgan fingerprint density at radius 1 is 1.29 bits per heavy atom. The Morgan fingerprint density at radius 3 is 2.35 bits per heavy atom. The Balaban J connectivity index is 2.81. The Kier molecular flexibility index (Phi) is 4.71. The van der Waals surface area contributed by atoms with Crippen molar-refractivity contribution >= 4 is 19.6 Å². The third-order valence-corrected chi connectivity index (χ3v) is 3.31. The normalized spacial score (nSPS) is 12.6. The molecular formula is C13H17O3P. The summed E-state index contributed by atoms with van der Waals surface area (Å²) >= 11 is 0. The highest BCUT2D eigenvalue weighted by molar-refractivity contribution is 7.56. The van der Waals surface area contributed by atoms with Crippen LogP contribution in [0.25, 0.3) is 0 Å².